The number of carbonyl (C=O) groups is 1. The second kappa shape index (κ2) is 6.35. The van der Waals surface area contributed by atoms with Gasteiger partial charge >= 0.3 is 16.3 Å². The molecule has 0 spiro atoms. The summed E-state index contributed by atoms with van der Waals surface area (Å²) in [4.78, 5) is 12.9. The number of nitrogens with zero attached hydrogens (tertiary/aromatic N) is 2. The first kappa shape index (κ1) is 16.3. The second-order valence-electron chi connectivity index (χ2n) is 4.40. The Labute approximate surface area is 132 Å². The van der Waals surface area contributed by atoms with Crippen LogP contribution in [-0.2, 0) is 10.3 Å². The molecule has 0 aromatic heterocycles. The molecule has 0 aliphatic carbocycles. The molecule has 0 fully saturated rings. The van der Waals surface area contributed by atoms with Gasteiger partial charge in [-0.15, -0.1) is 0 Å². The summed E-state index contributed by atoms with van der Waals surface area (Å²) in [5, 5.41) is 13.6. The monoisotopic (exact) mass is 332 g/mol. The number of nitriles is 1. The fourth-order valence-corrected chi connectivity index (χ4v) is 2.25. The highest BCUT2D eigenvalue weighted by Crippen LogP contribution is 2.27. The second-order valence-corrected chi connectivity index (χ2v) is 5.55. The van der Waals surface area contributed by atoms with Crippen LogP contribution in [0.5, 0.6) is 5.75 Å². The van der Waals surface area contributed by atoms with Crippen LogP contribution in [0.2, 0.25) is 0 Å². The minimum absolute atomic E-state index is 0.000462. The lowest BCUT2D eigenvalue weighted by Gasteiger charge is -2.20. The minimum atomic E-state index is -4.12. The Morgan fingerprint density at radius 2 is 1.52 bits per heavy atom. The van der Waals surface area contributed by atoms with Crippen molar-refractivity contribution in [3.63, 3.8) is 0 Å². The molecular weight excluding hydrogens is 320 g/mol. The number of urea groups is 1. The SMILES string of the molecule is N#Cc1ccc(N(C(N)=O)c2ccc(OS(N)(=O)=O)cc2)cc1. The summed E-state index contributed by atoms with van der Waals surface area (Å²) in [6, 6.07) is 13.0. The van der Waals surface area contributed by atoms with E-state index in [0.29, 0.717) is 16.9 Å². The van der Waals surface area contributed by atoms with Crippen molar-refractivity contribution in [3.05, 3.63) is 54.1 Å². The lowest BCUT2D eigenvalue weighted by molar-refractivity contribution is 0.256. The number of nitrogens with two attached hydrogens (primary N) is 2. The highest BCUT2D eigenvalue weighted by atomic mass is 32.2. The Kier molecular flexibility index (Phi) is 4.49. The molecular formula is C14H12N4O4S. The van der Waals surface area contributed by atoms with E-state index in [4.69, 9.17) is 16.1 Å². The molecule has 8 nitrogen and oxygen atoms in total. The largest absolute Gasteiger partial charge is 0.380 e. The van der Waals surface area contributed by atoms with E-state index in [0.717, 1.165) is 0 Å². The number of carbonyl (C=O) groups excluding carboxylic acids is 1. The van der Waals surface area contributed by atoms with Gasteiger partial charge in [0.25, 0.3) is 0 Å². The average molecular weight is 332 g/mol. The molecule has 0 atom stereocenters. The molecule has 0 unspecified atom stereocenters. The molecule has 0 saturated carbocycles. The molecule has 23 heavy (non-hydrogen) atoms. The van der Waals surface area contributed by atoms with E-state index < -0.39 is 16.3 Å². The lowest BCUT2D eigenvalue weighted by Crippen LogP contribution is -2.31. The topological polar surface area (TPSA) is 140 Å². The van der Waals surface area contributed by atoms with E-state index in [-0.39, 0.29) is 5.75 Å². The predicted octanol–water partition coefficient (Wildman–Crippen LogP) is 1.36. The van der Waals surface area contributed by atoms with Gasteiger partial charge < -0.3 is 9.92 Å². The number of amides is 2. The molecule has 2 aromatic carbocycles. The Bertz CT molecular complexity index is 855. The van der Waals surface area contributed by atoms with Gasteiger partial charge in [0.1, 0.15) is 5.75 Å². The van der Waals surface area contributed by atoms with Crippen LogP contribution in [0, 0.1) is 11.3 Å². The number of rotatable bonds is 4. The van der Waals surface area contributed by atoms with E-state index >= 15 is 0 Å². The zero-order valence-corrected chi connectivity index (χ0v) is 12.5. The maximum Gasteiger partial charge on any atom is 0.380 e. The first-order chi connectivity index (χ1) is 10.8. The van der Waals surface area contributed by atoms with E-state index in [1.807, 2.05) is 6.07 Å². The fourth-order valence-electron chi connectivity index (χ4n) is 1.87. The molecule has 0 aliphatic heterocycles. The number of hydrogen-bond donors (Lipinski definition) is 2. The van der Waals surface area contributed by atoms with Crippen LogP contribution in [0.1, 0.15) is 5.56 Å². The van der Waals surface area contributed by atoms with Crippen molar-refractivity contribution >= 4 is 27.7 Å². The quantitative estimate of drug-likeness (QED) is 0.870. The highest BCUT2D eigenvalue weighted by molar-refractivity contribution is 7.84. The minimum Gasteiger partial charge on any atom is -0.371 e. The molecule has 118 valence electrons. The Morgan fingerprint density at radius 1 is 1.04 bits per heavy atom. The third kappa shape index (κ3) is 4.19. The summed E-state index contributed by atoms with van der Waals surface area (Å²) < 4.78 is 26.2. The molecule has 2 aromatic rings. The number of anilines is 2. The van der Waals surface area contributed by atoms with E-state index in [2.05, 4.69) is 4.18 Å². The third-order valence-electron chi connectivity index (χ3n) is 2.78. The van der Waals surface area contributed by atoms with Gasteiger partial charge in [-0.2, -0.15) is 18.8 Å². The lowest BCUT2D eigenvalue weighted by atomic mass is 10.2. The molecule has 0 bridgehead atoms. The molecule has 0 saturated heterocycles. The standard InChI is InChI=1S/C14H12N4O4S/c15-9-10-1-3-11(4-2-10)18(14(16)19)12-5-7-13(8-6-12)22-23(17,20)21/h1-8H,(H2,16,19)(H2,17,20,21). The molecule has 9 heteroatoms. The Balaban J connectivity index is 2.34. The summed E-state index contributed by atoms with van der Waals surface area (Å²) in [5.74, 6) is 0.000462. The van der Waals surface area contributed by atoms with Crippen LogP contribution in [0.4, 0.5) is 16.2 Å². The molecule has 0 aliphatic rings. The smallest absolute Gasteiger partial charge is 0.371 e. The van der Waals surface area contributed by atoms with E-state index in [9.17, 15) is 13.2 Å². The van der Waals surface area contributed by atoms with Gasteiger partial charge in [0, 0.05) is 0 Å². The highest BCUT2D eigenvalue weighted by Gasteiger charge is 2.15. The first-order valence-corrected chi connectivity index (χ1v) is 7.69. The van der Waals surface area contributed by atoms with Gasteiger partial charge in [-0.25, -0.2) is 4.79 Å². The number of primary amides is 1. The van der Waals surface area contributed by atoms with Crippen LogP contribution < -0.4 is 20.0 Å². The van der Waals surface area contributed by atoms with Gasteiger partial charge in [0.05, 0.1) is 23.0 Å². The maximum atomic E-state index is 11.7. The summed E-state index contributed by atoms with van der Waals surface area (Å²) in [7, 11) is -4.12. The first-order valence-electron chi connectivity index (χ1n) is 6.22. The summed E-state index contributed by atoms with van der Waals surface area (Å²) in [6.07, 6.45) is 0. The van der Waals surface area contributed by atoms with Crippen molar-refractivity contribution in [1.29, 1.82) is 5.26 Å². The van der Waals surface area contributed by atoms with Gasteiger partial charge in [-0.1, -0.05) is 0 Å². The van der Waals surface area contributed by atoms with Crippen LogP contribution >= 0.6 is 0 Å². The Morgan fingerprint density at radius 3 is 1.91 bits per heavy atom. The van der Waals surface area contributed by atoms with Crippen molar-refractivity contribution in [1.82, 2.24) is 0 Å². The number of hydrogen-bond acceptors (Lipinski definition) is 5. The molecule has 2 amide bonds. The maximum absolute atomic E-state index is 11.7. The van der Waals surface area contributed by atoms with Gasteiger partial charge in [-0.05, 0) is 48.5 Å². The van der Waals surface area contributed by atoms with Gasteiger partial charge in [0.2, 0.25) is 0 Å². The van der Waals surface area contributed by atoms with Crippen molar-refractivity contribution in [2.45, 2.75) is 0 Å². The summed E-state index contributed by atoms with van der Waals surface area (Å²) >= 11 is 0. The van der Waals surface area contributed by atoms with Crippen molar-refractivity contribution in [2.24, 2.45) is 10.9 Å². The number of benzene rings is 2. The molecule has 0 heterocycles. The zero-order valence-electron chi connectivity index (χ0n) is 11.7. The summed E-state index contributed by atoms with van der Waals surface area (Å²) in [5.41, 5.74) is 6.67. The molecule has 0 radical (unpaired) electrons. The third-order valence-corrected chi connectivity index (χ3v) is 3.21. The van der Waals surface area contributed by atoms with E-state index in [1.165, 1.54) is 29.2 Å². The molecule has 2 rings (SSSR count). The normalized spacial score (nSPS) is 10.6. The van der Waals surface area contributed by atoms with Crippen LogP contribution in [0.25, 0.3) is 0 Å². The average Bonchev–Trinajstić information content (AvgIpc) is 2.48. The van der Waals surface area contributed by atoms with Gasteiger partial charge in [-0.3, -0.25) is 4.90 Å². The van der Waals surface area contributed by atoms with Crippen molar-refractivity contribution in [3.8, 4) is 11.8 Å². The van der Waals surface area contributed by atoms with Crippen molar-refractivity contribution < 1.29 is 17.4 Å². The van der Waals surface area contributed by atoms with Gasteiger partial charge in [0.15, 0.2) is 0 Å². The summed E-state index contributed by atoms with van der Waals surface area (Å²) in [6.45, 7) is 0. The van der Waals surface area contributed by atoms with Crippen molar-refractivity contribution in [2.75, 3.05) is 4.90 Å². The molecule has 4 N–H and O–H groups in total. The predicted molar refractivity (Wildman–Crippen MR) is 83.1 cm³/mol. The zero-order chi connectivity index (χ0) is 17.0. The van der Waals surface area contributed by atoms with Crippen LogP contribution in [0.3, 0.4) is 0 Å². The van der Waals surface area contributed by atoms with E-state index in [1.54, 1.807) is 24.3 Å². The fraction of sp³-hybridized carbons (Fsp3) is 0. The Hall–Kier alpha value is -3.09. The van der Waals surface area contributed by atoms with Crippen LogP contribution in [0.15, 0.2) is 48.5 Å². The van der Waals surface area contributed by atoms with Crippen LogP contribution in [-0.4, -0.2) is 14.4 Å².